The molecule has 4 aromatic rings. The van der Waals surface area contributed by atoms with E-state index in [0.29, 0.717) is 27.9 Å². The minimum atomic E-state index is -2.81. The molecule has 0 fully saturated rings. The highest BCUT2D eigenvalue weighted by Gasteiger charge is 2.28. The van der Waals surface area contributed by atoms with Gasteiger partial charge in [0.05, 0.1) is 5.69 Å². The highest BCUT2D eigenvalue weighted by atomic mass is 32.2. The number of hydrogen-bond acceptors (Lipinski definition) is 5. The maximum Gasteiger partial charge on any atom is 0.327 e. The number of anilines is 1. The normalized spacial score (nSPS) is 13.7. The van der Waals surface area contributed by atoms with Crippen molar-refractivity contribution in [3.63, 3.8) is 0 Å². The van der Waals surface area contributed by atoms with Crippen LogP contribution in [0, 0.1) is 0 Å². The van der Waals surface area contributed by atoms with E-state index in [-0.39, 0.29) is 17.7 Å². The summed E-state index contributed by atoms with van der Waals surface area (Å²) in [6.07, 6.45) is -0.0106. The quantitative estimate of drug-likeness (QED) is 0.382. The van der Waals surface area contributed by atoms with Crippen molar-refractivity contribution in [2.24, 2.45) is 0 Å². The van der Waals surface area contributed by atoms with Gasteiger partial charge < -0.3 is 18.8 Å². The van der Waals surface area contributed by atoms with Gasteiger partial charge in [-0.1, -0.05) is 30.3 Å². The Labute approximate surface area is 194 Å². The molecule has 0 bridgehead atoms. The molecule has 3 aromatic carbocycles. The molecule has 172 valence electrons. The Morgan fingerprint density at radius 3 is 2.36 bits per heavy atom. The lowest BCUT2D eigenvalue weighted by Crippen LogP contribution is -2.44. The van der Waals surface area contributed by atoms with Gasteiger partial charge >= 0.3 is 5.97 Å². The molecule has 0 aliphatic rings. The first-order valence-electron chi connectivity index (χ1n) is 10.4. The number of ether oxygens (including phenoxy) is 1. The van der Waals surface area contributed by atoms with Crippen molar-refractivity contribution < 1.29 is 27.8 Å². The third-order valence-corrected chi connectivity index (χ3v) is 5.91. The fourth-order valence-electron chi connectivity index (χ4n) is 3.76. The number of carbonyl (C=O) groups is 1. The van der Waals surface area contributed by atoms with Crippen LogP contribution in [0.5, 0.6) is 5.75 Å². The van der Waals surface area contributed by atoms with Gasteiger partial charge in [0.15, 0.2) is 0 Å². The van der Waals surface area contributed by atoms with Crippen LogP contribution in [0.4, 0.5) is 5.69 Å². The second-order valence-electron chi connectivity index (χ2n) is 8.74. The fraction of sp³-hybridized carbons (Fsp3) is 0.240. The van der Waals surface area contributed by atoms with Crippen LogP contribution >= 0.6 is 0 Å². The van der Waals surface area contributed by atoms with Gasteiger partial charge in [0, 0.05) is 28.5 Å². The number of para-hydroxylation sites is 1. The number of aliphatic carboxylic acids is 1. The summed E-state index contributed by atoms with van der Waals surface area (Å²) in [4.78, 5) is 12.1. The van der Waals surface area contributed by atoms with Crippen molar-refractivity contribution in [3.8, 4) is 5.75 Å². The van der Waals surface area contributed by atoms with Crippen LogP contribution in [0.2, 0.25) is 0 Å². The van der Waals surface area contributed by atoms with Crippen LogP contribution in [-0.2, 0) is 22.5 Å². The van der Waals surface area contributed by atoms with E-state index in [1.165, 1.54) is 0 Å². The van der Waals surface area contributed by atoms with E-state index in [4.69, 9.17) is 9.15 Å². The van der Waals surface area contributed by atoms with Crippen molar-refractivity contribution in [2.45, 2.75) is 38.8 Å². The molecule has 1 aromatic heterocycles. The number of carboxylic acid groups (broad SMARTS) is 1. The van der Waals surface area contributed by atoms with Crippen molar-refractivity contribution in [1.82, 2.24) is 0 Å². The Balaban J connectivity index is 1.68. The SMILES string of the molecule is CC(C)(C)Oc1ccc(CC(C(=O)O)N(c2ccc3oc4ccccc4c3c2)S(=O)[O-])cc1. The van der Waals surface area contributed by atoms with Gasteiger partial charge in [-0.15, -0.1) is 0 Å². The largest absolute Gasteiger partial charge is 0.755 e. The number of carboxylic acids is 1. The van der Waals surface area contributed by atoms with Gasteiger partial charge in [-0.3, -0.25) is 8.51 Å². The summed E-state index contributed by atoms with van der Waals surface area (Å²) in [5, 5.41) is 11.4. The van der Waals surface area contributed by atoms with Crippen LogP contribution in [0.3, 0.4) is 0 Å². The summed E-state index contributed by atoms with van der Waals surface area (Å²) >= 11 is -2.81. The Morgan fingerprint density at radius 1 is 1.06 bits per heavy atom. The molecule has 0 amide bonds. The standard InChI is InChI=1S/C25H25NO6S/c1-25(2,3)32-18-11-8-16(9-12-18)14-21(24(27)28)26(33(29)30)17-10-13-23-20(15-17)19-6-4-5-7-22(19)31-23/h4-13,15,21H,14H2,1-3H3,(H,27,28)(H,29,30)/p-1. The van der Waals surface area contributed by atoms with E-state index in [9.17, 15) is 18.7 Å². The minimum Gasteiger partial charge on any atom is -0.755 e. The summed E-state index contributed by atoms with van der Waals surface area (Å²) in [5.74, 6) is -0.592. The van der Waals surface area contributed by atoms with E-state index >= 15 is 0 Å². The van der Waals surface area contributed by atoms with Gasteiger partial charge in [-0.05, 0) is 62.7 Å². The zero-order valence-corrected chi connectivity index (χ0v) is 19.3. The van der Waals surface area contributed by atoms with Crippen LogP contribution in [0.1, 0.15) is 26.3 Å². The molecular weight excluding hydrogens is 442 g/mol. The molecule has 0 saturated carbocycles. The number of nitrogens with zero attached hydrogens (tertiary/aromatic N) is 1. The van der Waals surface area contributed by atoms with Crippen molar-refractivity contribution in [1.29, 1.82) is 0 Å². The second kappa shape index (κ2) is 8.88. The van der Waals surface area contributed by atoms with Crippen molar-refractivity contribution in [2.75, 3.05) is 4.31 Å². The maximum absolute atomic E-state index is 12.2. The first-order chi connectivity index (χ1) is 15.6. The number of benzene rings is 3. The molecule has 0 spiro atoms. The molecule has 2 unspecified atom stereocenters. The predicted molar refractivity (Wildman–Crippen MR) is 127 cm³/mol. The number of fused-ring (bicyclic) bond motifs is 3. The molecule has 2 atom stereocenters. The molecule has 4 rings (SSSR count). The molecule has 8 heteroatoms. The Kier molecular flexibility index (Phi) is 6.14. The minimum absolute atomic E-state index is 0.0106. The molecule has 0 aliphatic heterocycles. The summed E-state index contributed by atoms with van der Waals surface area (Å²) in [6.45, 7) is 5.80. The summed E-state index contributed by atoms with van der Waals surface area (Å²) in [7, 11) is 0. The van der Waals surface area contributed by atoms with Crippen molar-refractivity contribution >= 4 is 44.9 Å². The van der Waals surface area contributed by atoms with Crippen LogP contribution in [0.15, 0.2) is 71.1 Å². The molecule has 0 aliphatic carbocycles. The van der Waals surface area contributed by atoms with E-state index < -0.39 is 23.3 Å². The third-order valence-electron chi connectivity index (χ3n) is 5.12. The lowest BCUT2D eigenvalue weighted by Gasteiger charge is -2.32. The second-order valence-corrected chi connectivity index (χ2v) is 9.57. The Morgan fingerprint density at radius 2 is 1.73 bits per heavy atom. The van der Waals surface area contributed by atoms with E-state index in [1.54, 1.807) is 42.5 Å². The summed E-state index contributed by atoms with van der Waals surface area (Å²) in [5.41, 5.74) is 1.83. The van der Waals surface area contributed by atoms with Crippen LogP contribution in [0.25, 0.3) is 21.9 Å². The first-order valence-corrected chi connectivity index (χ1v) is 11.5. The molecule has 1 N–H and O–H groups in total. The topological polar surface area (TPSA) is 103 Å². The predicted octanol–water partition coefficient (Wildman–Crippen LogP) is 5.06. The fourth-order valence-corrected chi connectivity index (χ4v) is 4.42. The molecule has 33 heavy (non-hydrogen) atoms. The summed E-state index contributed by atoms with van der Waals surface area (Å²) in [6, 6.07) is 17.9. The smallest absolute Gasteiger partial charge is 0.327 e. The average Bonchev–Trinajstić information content (AvgIpc) is 3.11. The maximum atomic E-state index is 12.2. The number of furan rings is 1. The van der Waals surface area contributed by atoms with Gasteiger partial charge in [0.25, 0.3) is 0 Å². The third kappa shape index (κ3) is 5.02. The van der Waals surface area contributed by atoms with Gasteiger partial charge in [-0.2, -0.15) is 0 Å². The van der Waals surface area contributed by atoms with Gasteiger partial charge in [0.1, 0.15) is 28.6 Å². The molecule has 0 saturated heterocycles. The van der Waals surface area contributed by atoms with Gasteiger partial charge in [0.2, 0.25) is 0 Å². The van der Waals surface area contributed by atoms with E-state index in [1.807, 2.05) is 45.0 Å². The molecule has 0 radical (unpaired) electrons. The van der Waals surface area contributed by atoms with E-state index in [2.05, 4.69) is 0 Å². The lowest BCUT2D eigenvalue weighted by molar-refractivity contribution is -0.138. The zero-order chi connectivity index (χ0) is 23.8. The zero-order valence-electron chi connectivity index (χ0n) is 18.5. The first kappa shape index (κ1) is 22.8. The number of rotatable bonds is 7. The van der Waals surface area contributed by atoms with Crippen LogP contribution in [-0.4, -0.2) is 31.5 Å². The molecule has 1 heterocycles. The average molecular weight is 467 g/mol. The van der Waals surface area contributed by atoms with Crippen LogP contribution < -0.4 is 9.04 Å². The monoisotopic (exact) mass is 466 g/mol. The van der Waals surface area contributed by atoms with Crippen molar-refractivity contribution in [3.05, 3.63) is 72.3 Å². The molecular formula is C25H24NO6S-. The summed E-state index contributed by atoms with van der Waals surface area (Å²) < 4.78 is 36.9. The van der Waals surface area contributed by atoms with E-state index in [0.717, 1.165) is 9.69 Å². The molecule has 7 nitrogen and oxygen atoms in total. The Bertz CT molecular complexity index is 1320. The highest BCUT2D eigenvalue weighted by Crippen LogP contribution is 2.33. The Hall–Kier alpha value is -3.36. The lowest BCUT2D eigenvalue weighted by atomic mass is 10.0. The highest BCUT2D eigenvalue weighted by molar-refractivity contribution is 7.80. The number of hydrogen-bond donors (Lipinski definition) is 1. The van der Waals surface area contributed by atoms with Gasteiger partial charge in [-0.25, -0.2) is 4.79 Å².